The Labute approximate surface area is 138 Å². The summed E-state index contributed by atoms with van der Waals surface area (Å²) in [4.78, 5) is 14.2. The summed E-state index contributed by atoms with van der Waals surface area (Å²) in [5, 5.41) is 7.88. The summed E-state index contributed by atoms with van der Waals surface area (Å²) in [5.74, 6) is 0.698. The van der Waals surface area contributed by atoms with Gasteiger partial charge in [-0.3, -0.25) is 0 Å². The maximum absolute atomic E-state index is 12.4. The van der Waals surface area contributed by atoms with Crippen LogP contribution in [0, 0.1) is 5.92 Å². The standard InChI is InChI=1S/C16H25N3O3S/c1-2-5-13-6-4-10-19(11-9-13)16(20)18-14-7-3-8-15(12-14)23(17,21)22/h3,7-8,12-13H,2,4-6,9-11H2,1H3,(H,18,20)(H2,17,21,22)/t13-/m1/s1. The van der Waals surface area contributed by atoms with Gasteiger partial charge < -0.3 is 10.2 Å². The van der Waals surface area contributed by atoms with E-state index < -0.39 is 10.0 Å². The molecule has 1 heterocycles. The highest BCUT2D eigenvalue weighted by molar-refractivity contribution is 7.89. The first-order chi connectivity index (χ1) is 10.9. The number of hydrogen-bond donors (Lipinski definition) is 2. The van der Waals surface area contributed by atoms with Crippen molar-refractivity contribution in [1.82, 2.24) is 4.90 Å². The van der Waals surface area contributed by atoms with Crippen molar-refractivity contribution in [3.8, 4) is 0 Å². The number of primary sulfonamides is 1. The van der Waals surface area contributed by atoms with Crippen molar-refractivity contribution in [1.29, 1.82) is 0 Å². The topological polar surface area (TPSA) is 92.5 Å². The lowest BCUT2D eigenvalue weighted by molar-refractivity contribution is 0.213. The largest absolute Gasteiger partial charge is 0.325 e. The lowest BCUT2D eigenvalue weighted by atomic mass is 9.96. The molecule has 1 fully saturated rings. The normalized spacial score (nSPS) is 19.2. The summed E-state index contributed by atoms with van der Waals surface area (Å²) < 4.78 is 22.7. The van der Waals surface area contributed by atoms with Crippen LogP contribution < -0.4 is 10.5 Å². The second kappa shape index (κ2) is 7.79. The van der Waals surface area contributed by atoms with E-state index in [1.165, 1.54) is 31.4 Å². The van der Waals surface area contributed by atoms with Gasteiger partial charge in [0.15, 0.2) is 0 Å². The van der Waals surface area contributed by atoms with Crippen LogP contribution in [0.2, 0.25) is 0 Å². The number of nitrogens with two attached hydrogens (primary N) is 1. The maximum Gasteiger partial charge on any atom is 0.321 e. The summed E-state index contributed by atoms with van der Waals surface area (Å²) in [6, 6.07) is 5.82. The zero-order valence-corrected chi connectivity index (χ0v) is 14.3. The van der Waals surface area contributed by atoms with Gasteiger partial charge in [-0.2, -0.15) is 0 Å². The number of benzene rings is 1. The molecule has 2 amide bonds. The first-order valence-electron chi connectivity index (χ1n) is 8.09. The van der Waals surface area contributed by atoms with E-state index in [9.17, 15) is 13.2 Å². The fourth-order valence-corrected chi connectivity index (χ4v) is 3.58. The van der Waals surface area contributed by atoms with Crippen LogP contribution in [0.3, 0.4) is 0 Å². The highest BCUT2D eigenvalue weighted by Gasteiger charge is 2.20. The van der Waals surface area contributed by atoms with Gasteiger partial charge in [0, 0.05) is 18.8 Å². The Morgan fingerprint density at radius 1 is 1.35 bits per heavy atom. The predicted octanol–water partition coefficient (Wildman–Crippen LogP) is 2.77. The molecule has 128 valence electrons. The fourth-order valence-electron chi connectivity index (χ4n) is 3.02. The maximum atomic E-state index is 12.4. The molecule has 0 aliphatic carbocycles. The number of anilines is 1. The number of amides is 2. The lowest BCUT2D eigenvalue weighted by Gasteiger charge is -2.21. The van der Waals surface area contributed by atoms with Crippen LogP contribution in [0.1, 0.15) is 39.0 Å². The Morgan fingerprint density at radius 3 is 2.83 bits per heavy atom. The summed E-state index contributed by atoms with van der Waals surface area (Å²) in [6.07, 6.45) is 5.59. The second-order valence-electron chi connectivity index (χ2n) is 6.08. The van der Waals surface area contributed by atoms with E-state index in [-0.39, 0.29) is 10.9 Å². The summed E-state index contributed by atoms with van der Waals surface area (Å²) >= 11 is 0. The number of urea groups is 1. The van der Waals surface area contributed by atoms with Gasteiger partial charge in [-0.1, -0.05) is 25.8 Å². The molecule has 1 aliphatic heterocycles. The number of carbonyl (C=O) groups excluding carboxylic acids is 1. The van der Waals surface area contributed by atoms with Gasteiger partial charge in [-0.15, -0.1) is 0 Å². The minimum absolute atomic E-state index is 0.00539. The quantitative estimate of drug-likeness (QED) is 0.883. The minimum atomic E-state index is -3.77. The number of rotatable bonds is 4. The van der Waals surface area contributed by atoms with Gasteiger partial charge in [-0.05, 0) is 43.4 Å². The highest BCUT2D eigenvalue weighted by atomic mass is 32.2. The molecule has 3 N–H and O–H groups in total. The number of carbonyl (C=O) groups is 1. The Morgan fingerprint density at radius 2 is 2.13 bits per heavy atom. The van der Waals surface area contributed by atoms with Crippen molar-refractivity contribution in [3.63, 3.8) is 0 Å². The third kappa shape index (κ3) is 5.21. The average molecular weight is 339 g/mol. The van der Waals surface area contributed by atoms with E-state index in [0.29, 0.717) is 11.6 Å². The van der Waals surface area contributed by atoms with Gasteiger partial charge >= 0.3 is 6.03 Å². The van der Waals surface area contributed by atoms with Gasteiger partial charge in [0.25, 0.3) is 0 Å². The Kier molecular flexibility index (Phi) is 6.01. The third-order valence-corrected chi connectivity index (χ3v) is 5.16. The van der Waals surface area contributed by atoms with Gasteiger partial charge in [0.1, 0.15) is 0 Å². The smallest absolute Gasteiger partial charge is 0.321 e. The molecule has 7 heteroatoms. The molecular weight excluding hydrogens is 314 g/mol. The van der Waals surface area contributed by atoms with Crippen LogP contribution in [0.15, 0.2) is 29.2 Å². The van der Waals surface area contributed by atoms with E-state index in [2.05, 4.69) is 12.2 Å². The van der Waals surface area contributed by atoms with Crippen LogP contribution in [0.4, 0.5) is 10.5 Å². The van der Waals surface area contributed by atoms with Crippen LogP contribution in [0.25, 0.3) is 0 Å². The number of nitrogens with one attached hydrogen (secondary N) is 1. The van der Waals surface area contributed by atoms with Crippen LogP contribution >= 0.6 is 0 Å². The van der Waals surface area contributed by atoms with Crippen LogP contribution in [-0.4, -0.2) is 32.4 Å². The molecule has 1 aromatic rings. The van der Waals surface area contributed by atoms with E-state index in [1.54, 1.807) is 17.0 Å². The second-order valence-corrected chi connectivity index (χ2v) is 7.64. The molecule has 1 aliphatic rings. The molecule has 0 aromatic heterocycles. The minimum Gasteiger partial charge on any atom is -0.325 e. The van der Waals surface area contributed by atoms with E-state index in [4.69, 9.17) is 5.14 Å². The molecule has 1 aromatic carbocycles. The first kappa shape index (κ1) is 17.7. The molecule has 1 saturated heterocycles. The van der Waals surface area contributed by atoms with Crippen molar-refractivity contribution >= 4 is 21.7 Å². The zero-order valence-electron chi connectivity index (χ0n) is 13.5. The molecule has 2 rings (SSSR count). The molecule has 6 nitrogen and oxygen atoms in total. The van der Waals surface area contributed by atoms with E-state index in [0.717, 1.165) is 25.9 Å². The summed E-state index contributed by atoms with van der Waals surface area (Å²) in [7, 11) is -3.77. The predicted molar refractivity (Wildman–Crippen MR) is 90.7 cm³/mol. The fraction of sp³-hybridized carbons (Fsp3) is 0.562. The molecule has 1 atom stereocenters. The Balaban J connectivity index is 1.99. The zero-order chi connectivity index (χ0) is 16.9. The molecule has 0 saturated carbocycles. The molecule has 0 bridgehead atoms. The SMILES string of the molecule is CCC[C@@H]1CCCN(C(=O)Nc2cccc(S(N)(=O)=O)c2)CC1. The van der Waals surface area contributed by atoms with Gasteiger partial charge in [0.05, 0.1) is 4.90 Å². The van der Waals surface area contributed by atoms with Crippen molar-refractivity contribution < 1.29 is 13.2 Å². The summed E-state index contributed by atoms with van der Waals surface area (Å²) in [5.41, 5.74) is 0.441. The number of nitrogens with zero attached hydrogens (tertiary/aromatic N) is 1. The third-order valence-electron chi connectivity index (χ3n) is 4.25. The van der Waals surface area contributed by atoms with Gasteiger partial charge in [-0.25, -0.2) is 18.4 Å². The van der Waals surface area contributed by atoms with Crippen molar-refractivity contribution in [2.45, 2.75) is 43.9 Å². The Bertz CT molecular complexity index is 646. The van der Waals surface area contributed by atoms with E-state index in [1.807, 2.05) is 0 Å². The van der Waals surface area contributed by atoms with Crippen LogP contribution in [-0.2, 0) is 10.0 Å². The lowest BCUT2D eigenvalue weighted by Crippen LogP contribution is -2.35. The summed E-state index contributed by atoms with van der Waals surface area (Å²) in [6.45, 7) is 3.67. The molecule has 0 unspecified atom stereocenters. The monoisotopic (exact) mass is 339 g/mol. The average Bonchev–Trinajstić information content (AvgIpc) is 2.73. The Hall–Kier alpha value is -1.60. The number of likely N-dealkylation sites (tertiary alicyclic amines) is 1. The van der Waals surface area contributed by atoms with Crippen molar-refractivity contribution in [2.24, 2.45) is 11.1 Å². The van der Waals surface area contributed by atoms with E-state index >= 15 is 0 Å². The number of hydrogen-bond acceptors (Lipinski definition) is 3. The number of sulfonamides is 1. The van der Waals surface area contributed by atoms with Gasteiger partial charge in [0.2, 0.25) is 10.0 Å². The highest BCUT2D eigenvalue weighted by Crippen LogP contribution is 2.22. The molecular formula is C16H25N3O3S. The molecule has 23 heavy (non-hydrogen) atoms. The van der Waals surface area contributed by atoms with Crippen molar-refractivity contribution in [3.05, 3.63) is 24.3 Å². The molecule has 0 radical (unpaired) electrons. The first-order valence-corrected chi connectivity index (χ1v) is 9.63. The molecule has 0 spiro atoms. The van der Waals surface area contributed by atoms with Crippen molar-refractivity contribution in [2.75, 3.05) is 18.4 Å². The van der Waals surface area contributed by atoms with Crippen LogP contribution in [0.5, 0.6) is 0 Å².